The smallest absolute Gasteiger partial charge is 0.254 e. The van der Waals surface area contributed by atoms with Gasteiger partial charge in [0, 0.05) is 32.1 Å². The Morgan fingerprint density at radius 1 is 1.33 bits per heavy atom. The number of thiophene rings is 1. The number of rotatable bonds is 5. The van der Waals surface area contributed by atoms with Gasteiger partial charge in [-0.1, -0.05) is 30.3 Å². The minimum absolute atomic E-state index is 0.0105. The molecule has 1 aromatic carbocycles. The first-order valence-electron chi connectivity index (χ1n) is 8.24. The van der Waals surface area contributed by atoms with E-state index in [1.165, 1.54) is 16.9 Å². The lowest BCUT2D eigenvalue weighted by Gasteiger charge is -2.29. The molecule has 0 bridgehead atoms. The van der Waals surface area contributed by atoms with Crippen molar-refractivity contribution in [1.29, 1.82) is 0 Å². The van der Waals surface area contributed by atoms with Crippen molar-refractivity contribution in [1.82, 2.24) is 9.80 Å². The van der Waals surface area contributed by atoms with Crippen LogP contribution in [0, 0.1) is 6.92 Å². The Bertz CT molecular complexity index is 700. The highest BCUT2D eigenvalue weighted by atomic mass is 32.1. The molecule has 3 rings (SSSR count). The number of aryl methyl sites for hydroxylation is 1. The second kappa shape index (κ2) is 7.05. The van der Waals surface area contributed by atoms with Crippen LogP contribution in [-0.2, 0) is 6.54 Å². The SMILES string of the molecule is Cc1cscc1C(=O)N(C)C[C@]1(O)CCN(Cc2ccccc2)C1. The van der Waals surface area contributed by atoms with Gasteiger partial charge in [-0.15, -0.1) is 0 Å². The number of amides is 1. The molecular formula is C19H24N2O2S. The summed E-state index contributed by atoms with van der Waals surface area (Å²) in [7, 11) is 1.78. The summed E-state index contributed by atoms with van der Waals surface area (Å²) < 4.78 is 0. The molecule has 1 aliphatic rings. The van der Waals surface area contributed by atoms with Crippen LogP contribution >= 0.6 is 11.3 Å². The van der Waals surface area contributed by atoms with E-state index in [1.54, 1.807) is 11.9 Å². The molecule has 5 heteroatoms. The predicted molar refractivity (Wildman–Crippen MR) is 97.3 cm³/mol. The van der Waals surface area contributed by atoms with E-state index >= 15 is 0 Å². The van der Waals surface area contributed by atoms with Crippen LogP contribution in [0.15, 0.2) is 41.1 Å². The summed E-state index contributed by atoms with van der Waals surface area (Å²) in [6.45, 7) is 4.60. The van der Waals surface area contributed by atoms with Crippen molar-refractivity contribution in [2.45, 2.75) is 25.5 Å². The van der Waals surface area contributed by atoms with Gasteiger partial charge in [0.2, 0.25) is 0 Å². The van der Waals surface area contributed by atoms with Crippen LogP contribution in [0.25, 0.3) is 0 Å². The van der Waals surface area contributed by atoms with E-state index in [4.69, 9.17) is 0 Å². The number of aliphatic hydroxyl groups is 1. The first kappa shape index (κ1) is 17.1. The van der Waals surface area contributed by atoms with Gasteiger partial charge in [-0.25, -0.2) is 0 Å². The van der Waals surface area contributed by atoms with Crippen molar-refractivity contribution < 1.29 is 9.90 Å². The lowest BCUT2D eigenvalue weighted by molar-refractivity contribution is 0.0170. The van der Waals surface area contributed by atoms with E-state index in [0.29, 0.717) is 19.5 Å². The van der Waals surface area contributed by atoms with Crippen molar-refractivity contribution in [2.24, 2.45) is 0 Å². The van der Waals surface area contributed by atoms with Crippen LogP contribution in [0.1, 0.15) is 27.9 Å². The Hall–Kier alpha value is -1.69. The molecule has 2 heterocycles. The molecule has 2 aromatic rings. The molecule has 128 valence electrons. The largest absolute Gasteiger partial charge is 0.387 e. The van der Waals surface area contributed by atoms with E-state index in [2.05, 4.69) is 17.0 Å². The van der Waals surface area contributed by atoms with E-state index in [1.807, 2.05) is 35.9 Å². The van der Waals surface area contributed by atoms with Crippen LogP contribution in [0.4, 0.5) is 0 Å². The van der Waals surface area contributed by atoms with Gasteiger partial charge >= 0.3 is 0 Å². The van der Waals surface area contributed by atoms with Gasteiger partial charge in [-0.3, -0.25) is 9.69 Å². The van der Waals surface area contributed by atoms with Crippen molar-refractivity contribution in [3.8, 4) is 0 Å². The molecule has 1 N–H and O–H groups in total. The first-order chi connectivity index (χ1) is 11.5. The molecule has 0 aliphatic carbocycles. The van der Waals surface area contributed by atoms with Gasteiger partial charge in [0.15, 0.2) is 0 Å². The summed E-state index contributed by atoms with van der Waals surface area (Å²) in [5.41, 5.74) is 2.16. The molecule has 24 heavy (non-hydrogen) atoms. The minimum atomic E-state index is -0.830. The second-order valence-corrected chi connectivity index (χ2v) is 7.54. The van der Waals surface area contributed by atoms with Gasteiger partial charge < -0.3 is 10.0 Å². The van der Waals surface area contributed by atoms with Gasteiger partial charge in [-0.2, -0.15) is 11.3 Å². The Kier molecular flexibility index (Phi) is 5.04. The highest BCUT2D eigenvalue weighted by Crippen LogP contribution is 2.25. The third kappa shape index (κ3) is 3.86. The highest BCUT2D eigenvalue weighted by molar-refractivity contribution is 7.08. The van der Waals surface area contributed by atoms with Gasteiger partial charge in [0.1, 0.15) is 0 Å². The quantitative estimate of drug-likeness (QED) is 0.907. The average molecular weight is 344 g/mol. The van der Waals surface area contributed by atoms with Crippen LogP contribution in [-0.4, -0.2) is 53.1 Å². The van der Waals surface area contributed by atoms with E-state index in [9.17, 15) is 9.90 Å². The molecule has 1 fully saturated rings. The summed E-state index contributed by atoms with van der Waals surface area (Å²) in [5.74, 6) is -0.0105. The molecule has 0 unspecified atom stereocenters. The summed E-state index contributed by atoms with van der Waals surface area (Å²) in [5, 5.41) is 14.8. The lowest BCUT2D eigenvalue weighted by Crippen LogP contribution is -2.45. The molecule has 1 amide bonds. The standard InChI is InChI=1S/C19H24N2O2S/c1-15-11-24-12-17(15)18(22)20(2)13-19(23)8-9-21(14-19)10-16-6-4-3-5-7-16/h3-7,11-12,23H,8-10,13-14H2,1-2H3/t19-/m1/s1. The Morgan fingerprint density at radius 2 is 2.08 bits per heavy atom. The molecule has 0 radical (unpaired) electrons. The van der Waals surface area contributed by atoms with Crippen LogP contribution in [0.3, 0.4) is 0 Å². The summed E-state index contributed by atoms with van der Waals surface area (Å²) >= 11 is 1.54. The number of likely N-dealkylation sites (N-methyl/N-ethyl adjacent to an activating group) is 1. The van der Waals surface area contributed by atoms with Crippen LogP contribution < -0.4 is 0 Å². The number of hydrogen-bond donors (Lipinski definition) is 1. The van der Waals surface area contributed by atoms with Crippen molar-refractivity contribution in [3.05, 3.63) is 57.8 Å². The number of likely N-dealkylation sites (tertiary alicyclic amines) is 1. The van der Waals surface area contributed by atoms with Gasteiger partial charge in [-0.05, 0) is 29.9 Å². The molecule has 0 saturated carbocycles. The number of β-amino-alcohol motifs (C(OH)–C–C–N with tert-alkyl or cyclic N) is 1. The van der Waals surface area contributed by atoms with Crippen LogP contribution in [0.2, 0.25) is 0 Å². The zero-order valence-corrected chi connectivity index (χ0v) is 15.1. The summed E-state index contributed by atoms with van der Waals surface area (Å²) in [6.07, 6.45) is 0.695. The fourth-order valence-electron chi connectivity index (χ4n) is 3.34. The van der Waals surface area contributed by atoms with E-state index < -0.39 is 5.60 Å². The third-order valence-corrected chi connectivity index (χ3v) is 5.49. The Labute approximate surface area is 147 Å². The monoisotopic (exact) mass is 344 g/mol. The van der Waals surface area contributed by atoms with Crippen LogP contribution in [0.5, 0.6) is 0 Å². The average Bonchev–Trinajstić information content (AvgIpc) is 3.13. The van der Waals surface area contributed by atoms with E-state index in [0.717, 1.165) is 24.2 Å². The molecule has 4 nitrogen and oxygen atoms in total. The molecule has 1 aromatic heterocycles. The fourth-order valence-corrected chi connectivity index (χ4v) is 4.17. The lowest BCUT2D eigenvalue weighted by atomic mass is 10.0. The second-order valence-electron chi connectivity index (χ2n) is 6.80. The maximum absolute atomic E-state index is 12.5. The first-order valence-corrected chi connectivity index (χ1v) is 9.18. The predicted octanol–water partition coefficient (Wildman–Crippen LogP) is 2.77. The maximum atomic E-state index is 12.5. The van der Waals surface area contributed by atoms with E-state index in [-0.39, 0.29) is 5.91 Å². The maximum Gasteiger partial charge on any atom is 0.254 e. The van der Waals surface area contributed by atoms with Crippen molar-refractivity contribution in [2.75, 3.05) is 26.7 Å². The van der Waals surface area contributed by atoms with Gasteiger partial charge in [0.05, 0.1) is 17.7 Å². The molecule has 1 atom stereocenters. The number of nitrogens with zero attached hydrogens (tertiary/aromatic N) is 2. The van der Waals surface area contributed by atoms with Gasteiger partial charge in [0.25, 0.3) is 5.91 Å². The number of carbonyl (C=O) groups excluding carboxylic acids is 1. The fraction of sp³-hybridized carbons (Fsp3) is 0.421. The summed E-state index contributed by atoms with van der Waals surface area (Å²) in [6, 6.07) is 10.3. The molecule has 1 saturated heterocycles. The number of benzene rings is 1. The van der Waals surface area contributed by atoms with Crippen molar-refractivity contribution in [3.63, 3.8) is 0 Å². The number of hydrogen-bond acceptors (Lipinski definition) is 4. The zero-order chi connectivity index (χ0) is 17.2. The Balaban J connectivity index is 1.59. The summed E-state index contributed by atoms with van der Waals surface area (Å²) in [4.78, 5) is 16.4. The third-order valence-electron chi connectivity index (χ3n) is 4.62. The Morgan fingerprint density at radius 3 is 2.75 bits per heavy atom. The zero-order valence-electron chi connectivity index (χ0n) is 14.2. The normalized spacial score (nSPS) is 21.1. The topological polar surface area (TPSA) is 43.8 Å². The molecule has 0 spiro atoms. The van der Waals surface area contributed by atoms with Crippen molar-refractivity contribution >= 4 is 17.2 Å². The molecule has 1 aliphatic heterocycles. The minimum Gasteiger partial charge on any atom is -0.387 e. The highest BCUT2D eigenvalue weighted by Gasteiger charge is 2.38. The number of carbonyl (C=O) groups is 1. The molecular weight excluding hydrogens is 320 g/mol.